The number of ether oxygens (including phenoxy) is 3. The van der Waals surface area contributed by atoms with E-state index in [0.717, 1.165) is 5.56 Å². The van der Waals surface area contributed by atoms with E-state index in [2.05, 4.69) is 0 Å². The fourth-order valence-electron chi connectivity index (χ4n) is 3.48. The molecule has 4 aromatic rings. The first-order valence-corrected chi connectivity index (χ1v) is 10.0. The average molecular weight is 430 g/mol. The van der Waals surface area contributed by atoms with E-state index in [4.69, 9.17) is 18.6 Å². The van der Waals surface area contributed by atoms with Gasteiger partial charge in [-0.3, -0.25) is 9.59 Å². The lowest BCUT2D eigenvalue weighted by atomic mass is 10.0. The molecule has 4 rings (SSSR count). The summed E-state index contributed by atoms with van der Waals surface area (Å²) in [6.45, 7) is 1.62. The van der Waals surface area contributed by atoms with Gasteiger partial charge in [0.2, 0.25) is 5.43 Å². The minimum absolute atomic E-state index is 0.130. The largest absolute Gasteiger partial charge is 0.497 e. The van der Waals surface area contributed by atoms with Crippen molar-refractivity contribution in [3.8, 4) is 28.4 Å². The molecule has 32 heavy (non-hydrogen) atoms. The van der Waals surface area contributed by atoms with Gasteiger partial charge in [0.25, 0.3) is 0 Å². The molecule has 0 radical (unpaired) electrons. The normalized spacial score (nSPS) is 10.7. The van der Waals surface area contributed by atoms with Crippen molar-refractivity contribution in [1.29, 1.82) is 0 Å². The summed E-state index contributed by atoms with van der Waals surface area (Å²) in [5, 5.41) is 0.440. The summed E-state index contributed by atoms with van der Waals surface area (Å²) in [6.07, 6.45) is 0. The van der Waals surface area contributed by atoms with Crippen molar-refractivity contribution >= 4 is 16.8 Å². The Morgan fingerprint density at radius 2 is 1.44 bits per heavy atom. The maximum Gasteiger partial charge on any atom is 0.200 e. The zero-order valence-corrected chi connectivity index (χ0v) is 18.0. The fraction of sp³-hybridized carbons (Fsp3) is 0.154. The number of ketones is 1. The maximum atomic E-state index is 13.1. The Kier molecular flexibility index (Phi) is 5.94. The van der Waals surface area contributed by atoms with E-state index in [0.29, 0.717) is 45.1 Å². The highest BCUT2D eigenvalue weighted by atomic mass is 16.5. The number of fused-ring (bicyclic) bond motifs is 1. The van der Waals surface area contributed by atoms with Gasteiger partial charge in [0, 0.05) is 11.6 Å². The highest BCUT2D eigenvalue weighted by Crippen LogP contribution is 2.27. The SMILES string of the molecule is COc1ccc(C(=O)COc2ccc3c(=O)c(-c4ccc(OC)cc4)c(C)oc3c2)cc1. The standard InChI is InChI=1S/C26H22O6/c1-16-25(18-6-10-20(30-3)11-7-18)26(28)22-13-12-21(14-24(22)32-16)31-15-23(27)17-4-8-19(29-2)9-5-17/h4-14H,15H2,1-3H3. The summed E-state index contributed by atoms with van der Waals surface area (Å²) in [4.78, 5) is 25.5. The van der Waals surface area contributed by atoms with E-state index < -0.39 is 0 Å². The molecular formula is C26H22O6. The van der Waals surface area contributed by atoms with E-state index in [1.807, 2.05) is 12.1 Å². The zero-order chi connectivity index (χ0) is 22.7. The molecule has 1 aromatic heterocycles. The minimum atomic E-state index is -0.166. The van der Waals surface area contributed by atoms with Crippen LogP contribution in [0.15, 0.2) is 75.9 Å². The average Bonchev–Trinajstić information content (AvgIpc) is 2.82. The van der Waals surface area contributed by atoms with Crippen molar-refractivity contribution in [3.05, 3.63) is 88.3 Å². The van der Waals surface area contributed by atoms with Gasteiger partial charge in [0.1, 0.15) is 28.6 Å². The van der Waals surface area contributed by atoms with Crippen molar-refractivity contribution in [2.45, 2.75) is 6.92 Å². The Morgan fingerprint density at radius 1 is 0.844 bits per heavy atom. The number of hydrogen-bond donors (Lipinski definition) is 0. The van der Waals surface area contributed by atoms with Gasteiger partial charge >= 0.3 is 0 Å². The summed E-state index contributed by atoms with van der Waals surface area (Å²) in [6, 6.07) is 19.0. The van der Waals surface area contributed by atoms with Crippen LogP contribution in [-0.2, 0) is 0 Å². The predicted molar refractivity (Wildman–Crippen MR) is 122 cm³/mol. The molecule has 162 valence electrons. The molecule has 1 heterocycles. The van der Waals surface area contributed by atoms with Crippen LogP contribution in [0.1, 0.15) is 16.1 Å². The molecular weight excluding hydrogens is 408 g/mol. The van der Waals surface area contributed by atoms with Crippen LogP contribution in [0, 0.1) is 6.92 Å². The van der Waals surface area contributed by atoms with Crippen molar-refractivity contribution in [2.75, 3.05) is 20.8 Å². The fourth-order valence-corrected chi connectivity index (χ4v) is 3.48. The second kappa shape index (κ2) is 8.98. The summed E-state index contributed by atoms with van der Waals surface area (Å²) < 4.78 is 21.9. The number of carbonyl (C=O) groups excluding carboxylic acids is 1. The second-order valence-corrected chi connectivity index (χ2v) is 7.19. The number of hydrogen-bond acceptors (Lipinski definition) is 6. The summed E-state index contributed by atoms with van der Waals surface area (Å²) in [5.41, 5.74) is 2.06. The molecule has 0 fully saturated rings. The van der Waals surface area contributed by atoms with Crippen molar-refractivity contribution in [2.24, 2.45) is 0 Å². The number of rotatable bonds is 7. The third-order valence-electron chi connectivity index (χ3n) is 5.20. The summed E-state index contributed by atoms with van der Waals surface area (Å²) >= 11 is 0. The topological polar surface area (TPSA) is 75.0 Å². The smallest absolute Gasteiger partial charge is 0.200 e. The van der Waals surface area contributed by atoms with E-state index in [-0.39, 0.29) is 17.8 Å². The Hall–Kier alpha value is -4.06. The molecule has 0 saturated heterocycles. The quantitative estimate of drug-likeness (QED) is 0.382. The first kappa shape index (κ1) is 21.2. The van der Waals surface area contributed by atoms with E-state index in [1.165, 1.54) is 0 Å². The molecule has 6 nitrogen and oxygen atoms in total. The molecule has 0 aliphatic heterocycles. The molecule has 0 aliphatic rings. The Bertz CT molecular complexity index is 1320. The number of aryl methyl sites for hydroxylation is 1. The van der Waals surface area contributed by atoms with Gasteiger partial charge in [-0.05, 0) is 61.0 Å². The molecule has 0 amide bonds. The van der Waals surface area contributed by atoms with Crippen LogP contribution in [0.3, 0.4) is 0 Å². The van der Waals surface area contributed by atoms with Crippen LogP contribution in [0.4, 0.5) is 0 Å². The van der Waals surface area contributed by atoms with E-state index in [9.17, 15) is 9.59 Å². The van der Waals surface area contributed by atoms with Crippen molar-refractivity contribution < 1.29 is 23.4 Å². The van der Waals surface area contributed by atoms with E-state index >= 15 is 0 Å². The molecule has 0 saturated carbocycles. The van der Waals surface area contributed by atoms with Crippen LogP contribution in [-0.4, -0.2) is 26.6 Å². The van der Waals surface area contributed by atoms with Gasteiger partial charge < -0.3 is 18.6 Å². The van der Waals surface area contributed by atoms with Crippen LogP contribution < -0.4 is 19.6 Å². The lowest BCUT2D eigenvalue weighted by molar-refractivity contribution is 0.0921. The third kappa shape index (κ3) is 4.21. The number of Topliss-reactive ketones (excluding diaryl/α,β-unsaturated/α-hetero) is 1. The third-order valence-corrected chi connectivity index (χ3v) is 5.20. The van der Waals surface area contributed by atoms with Gasteiger partial charge in [-0.25, -0.2) is 0 Å². The van der Waals surface area contributed by atoms with Gasteiger partial charge in [0.15, 0.2) is 12.4 Å². The zero-order valence-electron chi connectivity index (χ0n) is 18.0. The lowest BCUT2D eigenvalue weighted by Crippen LogP contribution is -2.12. The molecule has 0 atom stereocenters. The van der Waals surface area contributed by atoms with Gasteiger partial charge in [-0.15, -0.1) is 0 Å². The first-order valence-electron chi connectivity index (χ1n) is 10.0. The Morgan fingerprint density at radius 3 is 2.06 bits per heavy atom. The highest BCUT2D eigenvalue weighted by Gasteiger charge is 2.15. The summed E-state index contributed by atoms with van der Waals surface area (Å²) in [5.74, 6) is 2.16. The number of methoxy groups -OCH3 is 2. The van der Waals surface area contributed by atoms with Gasteiger partial charge in [-0.2, -0.15) is 0 Å². The second-order valence-electron chi connectivity index (χ2n) is 7.19. The van der Waals surface area contributed by atoms with Crippen LogP contribution in [0.25, 0.3) is 22.1 Å². The summed E-state index contributed by atoms with van der Waals surface area (Å²) in [7, 11) is 3.16. The lowest BCUT2D eigenvalue weighted by Gasteiger charge is -2.10. The monoisotopic (exact) mass is 430 g/mol. The molecule has 0 spiro atoms. The molecule has 0 unspecified atom stereocenters. The van der Waals surface area contributed by atoms with Crippen LogP contribution in [0.2, 0.25) is 0 Å². The maximum absolute atomic E-state index is 13.1. The van der Waals surface area contributed by atoms with E-state index in [1.54, 1.807) is 75.7 Å². The predicted octanol–water partition coefficient (Wildman–Crippen LogP) is 5.05. The molecule has 0 bridgehead atoms. The molecule has 0 N–H and O–H groups in total. The number of benzene rings is 3. The van der Waals surface area contributed by atoms with Crippen molar-refractivity contribution in [1.82, 2.24) is 0 Å². The van der Waals surface area contributed by atoms with Crippen LogP contribution >= 0.6 is 0 Å². The molecule has 6 heteroatoms. The highest BCUT2D eigenvalue weighted by molar-refractivity contribution is 5.97. The number of carbonyl (C=O) groups is 1. The Labute approximate surface area is 185 Å². The van der Waals surface area contributed by atoms with Crippen LogP contribution in [0.5, 0.6) is 17.2 Å². The van der Waals surface area contributed by atoms with Gasteiger partial charge in [-0.1, -0.05) is 12.1 Å². The first-order chi connectivity index (χ1) is 15.5. The van der Waals surface area contributed by atoms with Crippen molar-refractivity contribution in [3.63, 3.8) is 0 Å². The minimum Gasteiger partial charge on any atom is -0.497 e. The van der Waals surface area contributed by atoms with Gasteiger partial charge in [0.05, 0.1) is 25.2 Å². The molecule has 3 aromatic carbocycles. The Balaban J connectivity index is 1.57. The molecule has 0 aliphatic carbocycles.